The van der Waals surface area contributed by atoms with Crippen LogP contribution in [0, 0.1) is 5.92 Å². The van der Waals surface area contributed by atoms with E-state index >= 15 is 0 Å². The number of piperidine rings is 1. The summed E-state index contributed by atoms with van der Waals surface area (Å²) in [5, 5.41) is 21.0. The lowest BCUT2D eigenvalue weighted by atomic mass is 9.48. The van der Waals surface area contributed by atoms with Crippen molar-refractivity contribution >= 4 is 6.16 Å². The average molecular weight is 566 g/mol. The fourth-order valence-corrected chi connectivity index (χ4v) is 8.83. The van der Waals surface area contributed by atoms with Crippen LogP contribution >= 0.6 is 0 Å². The molecule has 6 nitrogen and oxygen atoms in total. The topological polar surface area (TPSA) is 79.2 Å². The van der Waals surface area contributed by atoms with Gasteiger partial charge in [-0.15, -0.1) is 0 Å². The van der Waals surface area contributed by atoms with E-state index in [0.717, 1.165) is 69.7 Å². The first-order chi connectivity index (χ1) is 19.9. The van der Waals surface area contributed by atoms with Gasteiger partial charge in [0.05, 0.1) is 17.6 Å². The van der Waals surface area contributed by atoms with Crippen LogP contribution in [0.25, 0.3) is 0 Å². The molecule has 4 atom stereocenters. The number of hydrogen-bond acceptors (Lipinski definition) is 5. The Labute approximate surface area is 246 Å². The second-order valence-corrected chi connectivity index (χ2v) is 13.8. The summed E-state index contributed by atoms with van der Waals surface area (Å²) in [6.45, 7) is 7.03. The third kappa shape index (κ3) is 5.56. The molecule has 5 aliphatic rings. The van der Waals surface area contributed by atoms with E-state index in [4.69, 9.17) is 9.84 Å². The third-order valence-electron chi connectivity index (χ3n) is 11.1. The Bertz CT molecular complexity index is 1110. The zero-order valence-corrected chi connectivity index (χ0v) is 25.0. The van der Waals surface area contributed by atoms with Crippen LogP contribution in [0.4, 0.5) is 4.79 Å². The fourth-order valence-electron chi connectivity index (χ4n) is 8.83. The second-order valence-electron chi connectivity index (χ2n) is 13.8. The van der Waals surface area contributed by atoms with Crippen molar-refractivity contribution in [2.75, 3.05) is 19.7 Å². The largest absolute Gasteiger partial charge is 0.505 e. The van der Waals surface area contributed by atoms with Gasteiger partial charge in [0, 0.05) is 18.2 Å². The predicted octanol–water partition coefficient (Wildman–Crippen LogP) is 7.34. The van der Waals surface area contributed by atoms with E-state index in [2.05, 4.69) is 28.3 Å². The van der Waals surface area contributed by atoms with Crippen LogP contribution in [0.1, 0.15) is 119 Å². The fraction of sp³-hybridized carbons (Fsp3) is 0.743. The number of benzene rings is 1. The molecule has 0 radical (unpaired) electrons. The number of unbranched alkanes of at least 4 members (excludes halogenated alkanes) is 10. The summed E-state index contributed by atoms with van der Waals surface area (Å²) < 4.78 is 11.4. The van der Waals surface area contributed by atoms with Crippen LogP contribution in [-0.2, 0) is 23.0 Å². The molecule has 2 N–H and O–H groups in total. The van der Waals surface area contributed by atoms with Gasteiger partial charge in [0.2, 0.25) is 0 Å². The first kappa shape index (κ1) is 29.0. The smallest absolute Gasteiger partial charge is 0.484 e. The van der Waals surface area contributed by atoms with Crippen molar-refractivity contribution in [3.8, 4) is 5.75 Å². The standard InChI is InChI=1S/C35H51NO5/c1-25-18-19-35(39)29-23-28-17-16-27(13-11-9-7-5-3-2-4-6-8-10-12-22-40-33(37)38)31-30(28)34(35,32(25)41-31)20-21-36(29)24-26-14-15-26/h16-17,26,29,32,39H,1-15,18-24H2,(H,37,38)/t29?,32-,34-,35+/m0/s1. The summed E-state index contributed by atoms with van der Waals surface area (Å²) in [7, 11) is 0. The normalized spacial score (nSPS) is 29.7. The zero-order valence-electron chi connectivity index (χ0n) is 25.0. The number of carbonyl (C=O) groups is 1. The Morgan fingerprint density at radius 3 is 2.37 bits per heavy atom. The van der Waals surface area contributed by atoms with E-state index in [0.29, 0.717) is 6.61 Å². The Balaban J connectivity index is 0.990. The van der Waals surface area contributed by atoms with Crippen LogP contribution in [0.5, 0.6) is 5.75 Å². The molecule has 1 aromatic rings. The number of hydrogen-bond donors (Lipinski definition) is 2. The molecule has 6 heteroatoms. The number of rotatable bonds is 16. The second kappa shape index (κ2) is 12.3. The van der Waals surface area contributed by atoms with Gasteiger partial charge in [0.1, 0.15) is 11.9 Å². The molecule has 1 spiro atoms. The maximum absolute atomic E-state index is 12.6. The van der Waals surface area contributed by atoms with Gasteiger partial charge in [-0.1, -0.05) is 76.5 Å². The van der Waals surface area contributed by atoms with Crippen LogP contribution in [0.15, 0.2) is 24.3 Å². The highest BCUT2D eigenvalue weighted by molar-refractivity contribution is 5.62. The molecule has 41 heavy (non-hydrogen) atoms. The van der Waals surface area contributed by atoms with Crippen molar-refractivity contribution < 1.29 is 24.5 Å². The molecule has 2 aliphatic heterocycles. The van der Waals surface area contributed by atoms with E-state index in [-0.39, 0.29) is 17.6 Å². The highest BCUT2D eigenvalue weighted by atomic mass is 16.7. The summed E-state index contributed by atoms with van der Waals surface area (Å²) in [4.78, 5) is 13.0. The highest BCUT2D eigenvalue weighted by Gasteiger charge is 2.71. The molecule has 1 unspecified atom stereocenters. The SMILES string of the molecule is C=C1CC[C@@]2(O)C3Cc4ccc(CCCCCCCCCCCCCOC(=O)O)c5c4[C@@]2(CCN3CC2CC2)[C@H]1O5. The molecule has 0 amide bonds. The van der Waals surface area contributed by atoms with Crippen molar-refractivity contribution in [2.45, 2.75) is 139 Å². The van der Waals surface area contributed by atoms with E-state index in [1.807, 2.05) is 0 Å². The molecule has 2 saturated carbocycles. The number of ether oxygens (including phenoxy) is 2. The van der Waals surface area contributed by atoms with Gasteiger partial charge in [-0.05, 0) is 87.0 Å². The Kier molecular flexibility index (Phi) is 8.70. The van der Waals surface area contributed by atoms with E-state index in [1.54, 1.807) is 0 Å². The van der Waals surface area contributed by atoms with Crippen molar-refractivity contribution in [2.24, 2.45) is 5.92 Å². The maximum atomic E-state index is 12.6. The summed E-state index contributed by atoms with van der Waals surface area (Å²) in [6, 6.07) is 4.92. The minimum Gasteiger partial charge on any atom is -0.484 e. The molecule has 1 aromatic carbocycles. The quantitative estimate of drug-likeness (QED) is 0.124. The molecule has 1 saturated heterocycles. The van der Waals surface area contributed by atoms with Gasteiger partial charge in [-0.25, -0.2) is 4.79 Å². The molecule has 226 valence electrons. The minimum absolute atomic E-state index is 0.0694. The Morgan fingerprint density at radius 2 is 1.68 bits per heavy atom. The van der Waals surface area contributed by atoms with Gasteiger partial charge in [-0.2, -0.15) is 0 Å². The number of aryl methyl sites for hydroxylation is 1. The molecule has 0 aromatic heterocycles. The summed E-state index contributed by atoms with van der Waals surface area (Å²) in [6.07, 6.45) is 19.4. The number of carboxylic acid groups (broad SMARTS) is 1. The lowest BCUT2D eigenvalue weighted by molar-refractivity contribution is -0.174. The lowest BCUT2D eigenvalue weighted by Crippen LogP contribution is -2.75. The van der Waals surface area contributed by atoms with E-state index in [9.17, 15) is 9.90 Å². The van der Waals surface area contributed by atoms with Crippen LogP contribution < -0.4 is 4.74 Å². The predicted molar refractivity (Wildman–Crippen MR) is 161 cm³/mol. The number of aliphatic hydroxyl groups is 1. The summed E-state index contributed by atoms with van der Waals surface area (Å²) in [5.74, 6) is 1.95. The highest BCUT2D eigenvalue weighted by Crippen LogP contribution is 2.65. The van der Waals surface area contributed by atoms with Crippen LogP contribution in [0.3, 0.4) is 0 Å². The lowest BCUT2D eigenvalue weighted by Gasteiger charge is -2.63. The molecule has 3 aliphatic carbocycles. The third-order valence-corrected chi connectivity index (χ3v) is 11.1. The van der Waals surface area contributed by atoms with Crippen molar-refractivity contribution in [1.29, 1.82) is 0 Å². The van der Waals surface area contributed by atoms with Crippen LogP contribution in [-0.4, -0.2) is 58.7 Å². The Hall–Kier alpha value is -2.05. The van der Waals surface area contributed by atoms with Gasteiger partial charge in [-0.3, -0.25) is 4.90 Å². The molecule has 3 fully saturated rings. The van der Waals surface area contributed by atoms with Crippen molar-refractivity contribution in [3.63, 3.8) is 0 Å². The van der Waals surface area contributed by atoms with E-state index < -0.39 is 11.8 Å². The minimum atomic E-state index is -1.17. The van der Waals surface area contributed by atoms with Gasteiger partial charge >= 0.3 is 6.16 Å². The first-order valence-electron chi connectivity index (χ1n) is 16.8. The summed E-state index contributed by atoms with van der Waals surface area (Å²) >= 11 is 0. The van der Waals surface area contributed by atoms with Gasteiger partial charge in [0.15, 0.2) is 0 Å². The molecular weight excluding hydrogens is 514 g/mol. The number of likely N-dealkylation sites (tertiary alicyclic amines) is 1. The summed E-state index contributed by atoms with van der Waals surface area (Å²) in [5.41, 5.74) is 4.29. The van der Waals surface area contributed by atoms with E-state index in [1.165, 1.54) is 92.9 Å². The zero-order chi connectivity index (χ0) is 28.5. The van der Waals surface area contributed by atoms with Crippen molar-refractivity contribution in [3.05, 3.63) is 41.0 Å². The monoisotopic (exact) mass is 565 g/mol. The maximum Gasteiger partial charge on any atom is 0.505 e. The Morgan fingerprint density at radius 1 is 1.00 bits per heavy atom. The van der Waals surface area contributed by atoms with Gasteiger partial charge < -0.3 is 19.7 Å². The number of nitrogens with zero attached hydrogens (tertiary/aromatic N) is 1. The average Bonchev–Trinajstić information content (AvgIpc) is 3.69. The first-order valence-corrected chi connectivity index (χ1v) is 16.8. The van der Waals surface area contributed by atoms with Crippen LogP contribution in [0.2, 0.25) is 0 Å². The molecular formula is C35H51NO5. The van der Waals surface area contributed by atoms with Crippen molar-refractivity contribution in [1.82, 2.24) is 4.90 Å². The van der Waals surface area contributed by atoms with Gasteiger partial charge in [0.25, 0.3) is 0 Å². The molecule has 2 heterocycles. The molecule has 6 rings (SSSR count). The molecule has 2 bridgehead atoms.